The van der Waals surface area contributed by atoms with E-state index in [9.17, 15) is 19.8 Å². The van der Waals surface area contributed by atoms with E-state index in [0.29, 0.717) is 0 Å². The van der Waals surface area contributed by atoms with Gasteiger partial charge in [0.05, 0.1) is 18.7 Å². The van der Waals surface area contributed by atoms with E-state index >= 15 is 0 Å². The molecule has 1 amide bonds. The maximum absolute atomic E-state index is 12.1. The SMILES string of the molecule is O=C(O)C1CN(C(=O)c2cccc(O)c2O)CCO1. The third-order valence-corrected chi connectivity index (χ3v) is 2.87. The summed E-state index contributed by atoms with van der Waals surface area (Å²) in [5.74, 6) is -2.58. The minimum Gasteiger partial charge on any atom is -0.504 e. The van der Waals surface area contributed by atoms with Crippen LogP contribution in [-0.2, 0) is 9.53 Å². The van der Waals surface area contributed by atoms with Crippen LogP contribution in [0.5, 0.6) is 11.5 Å². The van der Waals surface area contributed by atoms with Crippen molar-refractivity contribution in [2.24, 2.45) is 0 Å². The molecule has 3 N–H and O–H groups in total. The number of aromatic hydroxyl groups is 2. The molecule has 7 heteroatoms. The molecule has 102 valence electrons. The van der Waals surface area contributed by atoms with E-state index in [2.05, 4.69) is 0 Å². The number of ether oxygens (including phenoxy) is 1. The van der Waals surface area contributed by atoms with Gasteiger partial charge in [0.1, 0.15) is 0 Å². The number of carbonyl (C=O) groups excluding carboxylic acids is 1. The van der Waals surface area contributed by atoms with Crippen LogP contribution in [0, 0.1) is 0 Å². The first-order valence-corrected chi connectivity index (χ1v) is 5.65. The second-order valence-electron chi connectivity index (χ2n) is 4.12. The van der Waals surface area contributed by atoms with Crippen molar-refractivity contribution in [3.63, 3.8) is 0 Å². The molecule has 19 heavy (non-hydrogen) atoms. The number of nitrogens with zero attached hydrogens (tertiary/aromatic N) is 1. The van der Waals surface area contributed by atoms with Crippen molar-refractivity contribution in [1.29, 1.82) is 0 Å². The highest BCUT2D eigenvalue weighted by Gasteiger charge is 2.30. The Labute approximate surface area is 108 Å². The van der Waals surface area contributed by atoms with Crippen LogP contribution < -0.4 is 0 Å². The number of carboxylic acid groups (broad SMARTS) is 1. The van der Waals surface area contributed by atoms with Gasteiger partial charge >= 0.3 is 5.97 Å². The van der Waals surface area contributed by atoms with Gasteiger partial charge in [-0.25, -0.2) is 4.79 Å². The molecule has 1 saturated heterocycles. The average Bonchev–Trinajstić information content (AvgIpc) is 2.41. The number of hydrogen-bond donors (Lipinski definition) is 3. The number of para-hydroxylation sites is 1. The van der Waals surface area contributed by atoms with Crippen molar-refractivity contribution in [2.45, 2.75) is 6.10 Å². The summed E-state index contributed by atoms with van der Waals surface area (Å²) in [5, 5.41) is 27.8. The number of morpholine rings is 1. The summed E-state index contributed by atoms with van der Waals surface area (Å²) in [7, 11) is 0. The number of phenolic OH excluding ortho intramolecular Hbond substituents is 2. The summed E-state index contributed by atoms with van der Waals surface area (Å²) < 4.78 is 5.00. The molecular weight excluding hydrogens is 254 g/mol. The van der Waals surface area contributed by atoms with Gasteiger partial charge in [-0.05, 0) is 12.1 Å². The Morgan fingerprint density at radius 1 is 1.32 bits per heavy atom. The van der Waals surface area contributed by atoms with E-state index in [1.54, 1.807) is 0 Å². The molecule has 1 heterocycles. The topological polar surface area (TPSA) is 107 Å². The van der Waals surface area contributed by atoms with Crippen molar-refractivity contribution < 1.29 is 29.6 Å². The lowest BCUT2D eigenvalue weighted by molar-refractivity contribution is -0.154. The molecule has 0 saturated carbocycles. The highest BCUT2D eigenvalue weighted by Crippen LogP contribution is 2.29. The van der Waals surface area contributed by atoms with Crippen LogP contribution in [0.2, 0.25) is 0 Å². The molecule has 7 nitrogen and oxygen atoms in total. The summed E-state index contributed by atoms with van der Waals surface area (Å²) in [6.45, 7) is 0.253. The summed E-state index contributed by atoms with van der Waals surface area (Å²) in [6, 6.07) is 4.05. The summed E-state index contributed by atoms with van der Waals surface area (Å²) in [6.07, 6.45) is -1.07. The third-order valence-electron chi connectivity index (χ3n) is 2.87. The first-order valence-electron chi connectivity index (χ1n) is 5.65. The Morgan fingerprint density at radius 2 is 2.05 bits per heavy atom. The van der Waals surface area contributed by atoms with Gasteiger partial charge < -0.3 is 25.0 Å². The normalized spacial score (nSPS) is 19.2. The second kappa shape index (κ2) is 5.15. The molecule has 0 bridgehead atoms. The van der Waals surface area contributed by atoms with Crippen molar-refractivity contribution in [2.75, 3.05) is 19.7 Å². The molecule has 1 fully saturated rings. The number of carboxylic acids is 1. The van der Waals surface area contributed by atoms with Crippen LogP contribution in [-0.4, -0.2) is 57.9 Å². The number of phenols is 2. The Morgan fingerprint density at radius 3 is 2.74 bits per heavy atom. The summed E-state index contributed by atoms with van der Waals surface area (Å²) >= 11 is 0. The number of hydrogen-bond acceptors (Lipinski definition) is 5. The fraction of sp³-hybridized carbons (Fsp3) is 0.333. The van der Waals surface area contributed by atoms with Gasteiger partial charge in [-0.15, -0.1) is 0 Å². The molecule has 1 atom stereocenters. The van der Waals surface area contributed by atoms with Gasteiger partial charge in [0, 0.05) is 6.54 Å². The van der Waals surface area contributed by atoms with Crippen LogP contribution in [0.1, 0.15) is 10.4 Å². The van der Waals surface area contributed by atoms with Crippen LogP contribution in [0.4, 0.5) is 0 Å². The van der Waals surface area contributed by atoms with Gasteiger partial charge in [-0.3, -0.25) is 4.79 Å². The maximum atomic E-state index is 12.1. The van der Waals surface area contributed by atoms with Gasteiger partial charge in [0.2, 0.25) is 0 Å². The lowest BCUT2D eigenvalue weighted by Crippen LogP contribution is -2.48. The van der Waals surface area contributed by atoms with Crippen LogP contribution in [0.15, 0.2) is 18.2 Å². The van der Waals surface area contributed by atoms with E-state index < -0.39 is 29.5 Å². The summed E-state index contributed by atoms with van der Waals surface area (Å²) in [5.41, 5.74) is -0.0639. The Hall–Kier alpha value is -2.28. The second-order valence-corrected chi connectivity index (χ2v) is 4.12. The van der Waals surface area contributed by atoms with Crippen molar-refractivity contribution in [3.8, 4) is 11.5 Å². The average molecular weight is 267 g/mol. The standard InChI is InChI=1S/C12H13NO6/c14-8-3-1-2-7(10(8)15)11(16)13-4-5-19-9(6-13)12(17)18/h1-3,9,14-15H,4-6H2,(H,17,18). The predicted octanol–water partition coefficient (Wildman–Crippen LogP) is 0.0234. The molecule has 2 rings (SSSR count). The Kier molecular flexibility index (Phi) is 3.57. The molecule has 0 spiro atoms. The fourth-order valence-electron chi connectivity index (χ4n) is 1.86. The largest absolute Gasteiger partial charge is 0.504 e. The first-order chi connectivity index (χ1) is 9.00. The van der Waals surface area contributed by atoms with Gasteiger partial charge in [-0.2, -0.15) is 0 Å². The van der Waals surface area contributed by atoms with Crippen molar-refractivity contribution in [1.82, 2.24) is 4.90 Å². The predicted molar refractivity (Wildman–Crippen MR) is 63.1 cm³/mol. The number of rotatable bonds is 2. The molecule has 1 aromatic carbocycles. The highest BCUT2D eigenvalue weighted by molar-refractivity contribution is 5.98. The number of amides is 1. The smallest absolute Gasteiger partial charge is 0.334 e. The van der Waals surface area contributed by atoms with E-state index in [1.807, 2.05) is 0 Å². The zero-order valence-corrected chi connectivity index (χ0v) is 9.94. The zero-order chi connectivity index (χ0) is 14.0. The fourth-order valence-corrected chi connectivity index (χ4v) is 1.86. The first kappa shape index (κ1) is 13.2. The number of aliphatic carboxylic acids is 1. The quantitative estimate of drug-likeness (QED) is 0.652. The van der Waals surface area contributed by atoms with Crippen LogP contribution >= 0.6 is 0 Å². The maximum Gasteiger partial charge on any atom is 0.334 e. The molecule has 1 unspecified atom stereocenters. The third kappa shape index (κ3) is 2.60. The lowest BCUT2D eigenvalue weighted by Gasteiger charge is -2.31. The summed E-state index contributed by atoms with van der Waals surface area (Å²) in [4.78, 5) is 24.2. The van der Waals surface area contributed by atoms with Crippen LogP contribution in [0.25, 0.3) is 0 Å². The molecule has 1 aliphatic rings. The van der Waals surface area contributed by atoms with Crippen LogP contribution in [0.3, 0.4) is 0 Å². The number of benzene rings is 1. The Balaban J connectivity index is 2.19. The van der Waals surface area contributed by atoms with Gasteiger partial charge in [0.15, 0.2) is 17.6 Å². The van der Waals surface area contributed by atoms with E-state index in [1.165, 1.54) is 23.1 Å². The monoisotopic (exact) mass is 267 g/mol. The molecular formula is C12H13NO6. The molecule has 1 aromatic rings. The Bertz CT molecular complexity index is 515. The molecule has 0 radical (unpaired) electrons. The lowest BCUT2D eigenvalue weighted by atomic mass is 10.1. The van der Waals surface area contributed by atoms with E-state index in [0.717, 1.165) is 0 Å². The number of carbonyl (C=O) groups is 2. The van der Waals surface area contributed by atoms with E-state index in [-0.39, 0.29) is 25.3 Å². The van der Waals surface area contributed by atoms with Crippen molar-refractivity contribution in [3.05, 3.63) is 23.8 Å². The minimum absolute atomic E-state index is 0.0639. The van der Waals surface area contributed by atoms with E-state index in [4.69, 9.17) is 9.84 Å². The molecule has 0 aromatic heterocycles. The van der Waals surface area contributed by atoms with Gasteiger partial charge in [0.25, 0.3) is 5.91 Å². The molecule has 1 aliphatic heterocycles. The van der Waals surface area contributed by atoms with Crippen molar-refractivity contribution >= 4 is 11.9 Å². The van der Waals surface area contributed by atoms with Gasteiger partial charge in [-0.1, -0.05) is 6.07 Å². The minimum atomic E-state index is -1.14. The molecule has 0 aliphatic carbocycles. The zero-order valence-electron chi connectivity index (χ0n) is 9.94. The highest BCUT2D eigenvalue weighted by atomic mass is 16.5.